The summed E-state index contributed by atoms with van der Waals surface area (Å²) in [5, 5.41) is 4.13. The van der Waals surface area contributed by atoms with Crippen molar-refractivity contribution in [3.05, 3.63) is 53.1 Å². The molecular formula is C23H30N4O2S. The molecule has 0 spiro atoms. The summed E-state index contributed by atoms with van der Waals surface area (Å²) >= 11 is 5.70. The Morgan fingerprint density at radius 1 is 1.30 bits per heavy atom. The number of hydrogen-bond donors (Lipinski definition) is 1. The van der Waals surface area contributed by atoms with Gasteiger partial charge >= 0.3 is 5.97 Å². The minimum absolute atomic E-state index is 0.0154. The van der Waals surface area contributed by atoms with Gasteiger partial charge in [0.1, 0.15) is 0 Å². The van der Waals surface area contributed by atoms with Gasteiger partial charge in [-0.2, -0.15) is 0 Å². The Kier molecular flexibility index (Phi) is 6.09. The molecule has 2 aromatic rings. The molecule has 0 amide bonds. The van der Waals surface area contributed by atoms with E-state index in [1.54, 1.807) is 0 Å². The van der Waals surface area contributed by atoms with Gasteiger partial charge in [-0.25, -0.2) is 0 Å². The standard InChI is InChI=1S/C23H30N4O2S/c1-15-14-18(16(2)27(15)17-8-4-5-9-17)22-21(19-10-6-7-12-24-19)25-23(30)26(22)13-11-20(28)29-3/h6-7,10,12,14,17,21-22H,4-5,8-9,11,13H2,1-3H3,(H,25,30)/t21-,22+/m1/s1. The van der Waals surface area contributed by atoms with Crippen molar-refractivity contribution >= 4 is 23.3 Å². The van der Waals surface area contributed by atoms with Crippen LogP contribution in [0.2, 0.25) is 0 Å². The Bertz CT molecular complexity index is 921. The molecule has 3 heterocycles. The first-order valence-corrected chi connectivity index (χ1v) is 11.1. The summed E-state index contributed by atoms with van der Waals surface area (Å²) in [5.41, 5.74) is 4.79. The molecule has 1 aliphatic heterocycles. The molecule has 1 saturated carbocycles. The van der Waals surface area contributed by atoms with Crippen LogP contribution in [0.3, 0.4) is 0 Å². The van der Waals surface area contributed by atoms with E-state index in [2.05, 4.69) is 39.7 Å². The molecule has 0 bridgehead atoms. The summed E-state index contributed by atoms with van der Waals surface area (Å²) in [7, 11) is 1.42. The number of thiocarbonyl (C=S) groups is 1. The van der Waals surface area contributed by atoms with Crippen molar-refractivity contribution in [3.63, 3.8) is 0 Å². The predicted molar refractivity (Wildman–Crippen MR) is 120 cm³/mol. The molecule has 30 heavy (non-hydrogen) atoms. The third-order valence-corrected chi connectivity index (χ3v) is 6.87. The first-order chi connectivity index (χ1) is 14.5. The second kappa shape index (κ2) is 8.76. The van der Waals surface area contributed by atoms with E-state index in [1.807, 2.05) is 24.4 Å². The number of methoxy groups -OCH3 is 1. The summed E-state index contributed by atoms with van der Waals surface area (Å²) in [5.74, 6) is -0.228. The first-order valence-electron chi connectivity index (χ1n) is 10.7. The van der Waals surface area contributed by atoms with Gasteiger partial charge in [0.25, 0.3) is 0 Å². The number of aryl methyl sites for hydroxylation is 1. The van der Waals surface area contributed by atoms with Crippen LogP contribution in [0, 0.1) is 13.8 Å². The highest BCUT2D eigenvalue weighted by Gasteiger charge is 2.41. The summed E-state index contributed by atoms with van der Waals surface area (Å²) in [6.07, 6.45) is 7.20. The lowest BCUT2D eigenvalue weighted by Gasteiger charge is -2.28. The maximum Gasteiger partial charge on any atom is 0.307 e. The molecule has 1 saturated heterocycles. The van der Waals surface area contributed by atoms with E-state index >= 15 is 0 Å². The Morgan fingerprint density at radius 3 is 2.73 bits per heavy atom. The largest absolute Gasteiger partial charge is 0.469 e. The van der Waals surface area contributed by atoms with Gasteiger partial charge in [-0.3, -0.25) is 9.78 Å². The average Bonchev–Trinajstić information content (AvgIpc) is 3.45. The number of nitrogens with one attached hydrogen (secondary N) is 1. The van der Waals surface area contributed by atoms with Gasteiger partial charge in [-0.05, 0) is 62.7 Å². The van der Waals surface area contributed by atoms with Crippen molar-refractivity contribution in [2.75, 3.05) is 13.7 Å². The van der Waals surface area contributed by atoms with E-state index in [0.717, 1.165) is 5.69 Å². The zero-order valence-corrected chi connectivity index (χ0v) is 18.7. The zero-order valence-electron chi connectivity index (χ0n) is 17.9. The van der Waals surface area contributed by atoms with Crippen molar-refractivity contribution in [2.24, 2.45) is 0 Å². The van der Waals surface area contributed by atoms with Gasteiger partial charge in [0.05, 0.1) is 31.3 Å². The summed E-state index contributed by atoms with van der Waals surface area (Å²) in [4.78, 5) is 18.6. The highest BCUT2D eigenvalue weighted by Crippen LogP contribution is 2.42. The minimum Gasteiger partial charge on any atom is -0.469 e. The van der Waals surface area contributed by atoms with Crippen LogP contribution in [0.4, 0.5) is 0 Å². The lowest BCUT2D eigenvalue weighted by Crippen LogP contribution is -2.32. The monoisotopic (exact) mass is 426 g/mol. The van der Waals surface area contributed by atoms with Crippen LogP contribution in [0.15, 0.2) is 30.5 Å². The molecule has 1 aliphatic carbocycles. The average molecular weight is 427 g/mol. The molecule has 2 aliphatic rings. The van der Waals surface area contributed by atoms with Crippen LogP contribution in [-0.2, 0) is 9.53 Å². The fraction of sp³-hybridized carbons (Fsp3) is 0.522. The molecule has 0 aromatic carbocycles. The lowest BCUT2D eigenvalue weighted by atomic mass is 9.96. The molecular weight excluding hydrogens is 396 g/mol. The molecule has 0 radical (unpaired) electrons. The quantitative estimate of drug-likeness (QED) is 0.553. The van der Waals surface area contributed by atoms with Crippen LogP contribution in [0.25, 0.3) is 0 Å². The topological polar surface area (TPSA) is 59.4 Å². The van der Waals surface area contributed by atoms with Gasteiger partial charge in [0.15, 0.2) is 5.11 Å². The molecule has 6 nitrogen and oxygen atoms in total. The van der Waals surface area contributed by atoms with Gasteiger partial charge in [-0.15, -0.1) is 0 Å². The minimum atomic E-state index is -0.228. The van der Waals surface area contributed by atoms with Gasteiger partial charge in [0.2, 0.25) is 0 Å². The Hall–Kier alpha value is -2.41. The van der Waals surface area contributed by atoms with Crippen LogP contribution >= 0.6 is 12.2 Å². The van der Waals surface area contributed by atoms with Crippen molar-refractivity contribution in [3.8, 4) is 0 Å². The second-order valence-electron chi connectivity index (χ2n) is 8.28. The number of hydrogen-bond acceptors (Lipinski definition) is 4. The normalized spacial score (nSPS) is 21.8. The van der Waals surface area contributed by atoms with Gasteiger partial charge in [-0.1, -0.05) is 18.9 Å². The maximum absolute atomic E-state index is 11.8. The Balaban J connectivity index is 1.74. The van der Waals surface area contributed by atoms with Crippen molar-refractivity contribution in [1.29, 1.82) is 0 Å². The number of ether oxygens (including phenoxy) is 1. The van der Waals surface area contributed by atoms with Crippen LogP contribution in [-0.4, -0.2) is 39.2 Å². The van der Waals surface area contributed by atoms with E-state index in [-0.39, 0.29) is 18.1 Å². The van der Waals surface area contributed by atoms with Gasteiger partial charge < -0.3 is 19.5 Å². The number of carbonyl (C=O) groups excluding carboxylic acids is 1. The van der Waals surface area contributed by atoms with E-state index in [1.165, 1.54) is 49.7 Å². The number of aromatic nitrogens is 2. The number of pyridine rings is 1. The summed E-state index contributed by atoms with van der Waals surface area (Å²) in [6.45, 7) is 4.93. The number of nitrogens with zero attached hydrogens (tertiary/aromatic N) is 3. The molecule has 2 atom stereocenters. The van der Waals surface area contributed by atoms with E-state index in [0.29, 0.717) is 24.1 Å². The second-order valence-corrected chi connectivity index (χ2v) is 8.67. The van der Waals surface area contributed by atoms with E-state index in [4.69, 9.17) is 17.0 Å². The fourth-order valence-electron chi connectivity index (χ4n) is 5.12. The van der Waals surface area contributed by atoms with Gasteiger partial charge in [0, 0.05) is 30.2 Å². The predicted octanol–water partition coefficient (Wildman–Crippen LogP) is 4.15. The Labute approximate surface area is 183 Å². The smallest absolute Gasteiger partial charge is 0.307 e. The Morgan fingerprint density at radius 2 is 2.07 bits per heavy atom. The first kappa shape index (κ1) is 20.8. The van der Waals surface area contributed by atoms with Crippen molar-refractivity contribution in [2.45, 2.75) is 64.1 Å². The SMILES string of the molecule is COC(=O)CCN1C(=S)N[C@H](c2ccccn2)[C@@H]1c1cc(C)n(C2CCCC2)c1C. The lowest BCUT2D eigenvalue weighted by molar-refractivity contribution is -0.140. The van der Waals surface area contributed by atoms with Crippen LogP contribution in [0.1, 0.15) is 72.9 Å². The molecule has 160 valence electrons. The number of esters is 1. The summed E-state index contributed by atoms with van der Waals surface area (Å²) < 4.78 is 7.38. The molecule has 4 rings (SSSR count). The molecule has 7 heteroatoms. The number of carbonyl (C=O) groups is 1. The maximum atomic E-state index is 11.8. The van der Waals surface area contributed by atoms with Crippen molar-refractivity contribution in [1.82, 2.24) is 19.8 Å². The molecule has 1 N–H and O–H groups in total. The third kappa shape index (κ3) is 3.83. The zero-order chi connectivity index (χ0) is 21.3. The molecule has 2 fully saturated rings. The van der Waals surface area contributed by atoms with Crippen LogP contribution in [0.5, 0.6) is 0 Å². The number of rotatable bonds is 6. The molecule has 0 unspecified atom stereocenters. The van der Waals surface area contributed by atoms with E-state index < -0.39 is 0 Å². The van der Waals surface area contributed by atoms with Crippen LogP contribution < -0.4 is 5.32 Å². The highest BCUT2D eigenvalue weighted by atomic mass is 32.1. The molecule has 2 aromatic heterocycles. The fourth-order valence-corrected chi connectivity index (χ4v) is 5.46. The third-order valence-electron chi connectivity index (χ3n) is 6.51. The van der Waals surface area contributed by atoms with Crippen molar-refractivity contribution < 1.29 is 9.53 Å². The van der Waals surface area contributed by atoms with E-state index in [9.17, 15) is 4.79 Å². The summed E-state index contributed by atoms with van der Waals surface area (Å²) in [6, 6.07) is 8.77. The highest BCUT2D eigenvalue weighted by molar-refractivity contribution is 7.80.